The molecule has 1 aliphatic carbocycles. The van der Waals surface area contributed by atoms with Gasteiger partial charge in [-0.25, -0.2) is 17.2 Å². The van der Waals surface area contributed by atoms with Crippen molar-refractivity contribution in [2.45, 2.75) is 62.3 Å². The average Bonchev–Trinajstić information content (AvgIpc) is 3.06. The van der Waals surface area contributed by atoms with Crippen LogP contribution in [-0.4, -0.2) is 39.8 Å². The van der Waals surface area contributed by atoms with Gasteiger partial charge in [0.05, 0.1) is 27.9 Å². The van der Waals surface area contributed by atoms with E-state index in [1.807, 2.05) is 0 Å². The van der Waals surface area contributed by atoms with E-state index < -0.39 is 15.8 Å². The average molecular weight is 466 g/mol. The lowest BCUT2D eigenvalue weighted by Gasteiger charge is -2.33. The van der Waals surface area contributed by atoms with Crippen LogP contribution in [0, 0.1) is 5.92 Å². The first-order valence-corrected chi connectivity index (χ1v) is 11.8. The molecule has 27 heavy (non-hydrogen) atoms. The van der Waals surface area contributed by atoms with Gasteiger partial charge in [0.2, 0.25) is 5.92 Å². The standard InChI is InChI=1S/C19H26BrF2NO3S/c1-19(21,22)8-7-13-11-23(14-5-3-4-6-14)16-9-15(20)17(26-2)10-18(16)27(24,25)12-13/h9-10,13-14H,3-8,11-12H2,1-2H3. The molecule has 152 valence electrons. The fourth-order valence-corrected chi connectivity index (χ4v) is 6.52. The van der Waals surface area contributed by atoms with Crippen LogP contribution in [0.2, 0.25) is 0 Å². The first-order chi connectivity index (χ1) is 12.6. The minimum Gasteiger partial charge on any atom is -0.496 e. The predicted molar refractivity (Wildman–Crippen MR) is 106 cm³/mol. The summed E-state index contributed by atoms with van der Waals surface area (Å²) in [6.45, 7) is 1.38. The minimum atomic E-state index is -3.59. The molecule has 0 N–H and O–H groups in total. The fourth-order valence-electron chi connectivity index (χ4n) is 4.18. The maximum atomic E-state index is 13.4. The van der Waals surface area contributed by atoms with Gasteiger partial charge >= 0.3 is 0 Å². The molecule has 1 aromatic rings. The van der Waals surface area contributed by atoms with Crippen LogP contribution in [0.4, 0.5) is 14.5 Å². The monoisotopic (exact) mass is 465 g/mol. The van der Waals surface area contributed by atoms with E-state index in [1.54, 1.807) is 12.1 Å². The van der Waals surface area contributed by atoms with Gasteiger partial charge in [-0.2, -0.15) is 0 Å². The lowest BCUT2D eigenvalue weighted by Crippen LogP contribution is -2.37. The SMILES string of the molecule is COc1cc2c(cc1Br)N(C1CCCC1)CC(CCC(C)(F)F)CS2(=O)=O. The van der Waals surface area contributed by atoms with Crippen LogP contribution < -0.4 is 9.64 Å². The summed E-state index contributed by atoms with van der Waals surface area (Å²) in [6.07, 6.45) is 4.11. The van der Waals surface area contributed by atoms with E-state index in [0.717, 1.165) is 32.6 Å². The summed E-state index contributed by atoms with van der Waals surface area (Å²) in [4.78, 5) is 2.40. The van der Waals surface area contributed by atoms with Gasteiger partial charge in [-0.05, 0) is 54.1 Å². The van der Waals surface area contributed by atoms with Crippen molar-refractivity contribution in [3.63, 3.8) is 0 Å². The molecular weight excluding hydrogens is 440 g/mol. The highest BCUT2D eigenvalue weighted by molar-refractivity contribution is 9.10. The summed E-state index contributed by atoms with van der Waals surface area (Å²) in [5.74, 6) is -2.75. The number of ether oxygens (including phenoxy) is 1. The Labute approximate surface area is 168 Å². The summed E-state index contributed by atoms with van der Waals surface area (Å²) in [7, 11) is -2.10. The first kappa shape index (κ1) is 20.8. The van der Waals surface area contributed by atoms with E-state index >= 15 is 0 Å². The molecule has 8 heteroatoms. The number of rotatable bonds is 5. The number of benzene rings is 1. The van der Waals surface area contributed by atoms with Gasteiger partial charge in [-0.3, -0.25) is 0 Å². The number of hydrogen-bond acceptors (Lipinski definition) is 4. The molecule has 0 aromatic heterocycles. The van der Waals surface area contributed by atoms with Crippen LogP contribution in [0.1, 0.15) is 45.4 Å². The molecule has 3 rings (SSSR count). The highest BCUT2D eigenvalue weighted by atomic mass is 79.9. The Balaban J connectivity index is 2.03. The van der Waals surface area contributed by atoms with Crippen LogP contribution in [0.15, 0.2) is 21.5 Å². The van der Waals surface area contributed by atoms with E-state index in [4.69, 9.17) is 4.74 Å². The maximum Gasteiger partial charge on any atom is 0.245 e. The Kier molecular flexibility index (Phi) is 6.06. The predicted octanol–water partition coefficient (Wildman–Crippen LogP) is 5.05. The van der Waals surface area contributed by atoms with Crippen LogP contribution in [0.5, 0.6) is 5.75 Å². The fraction of sp³-hybridized carbons (Fsp3) is 0.684. The third-order valence-electron chi connectivity index (χ3n) is 5.54. The van der Waals surface area contributed by atoms with Crippen LogP contribution in [0.25, 0.3) is 0 Å². The molecule has 1 unspecified atom stereocenters. The van der Waals surface area contributed by atoms with Gasteiger partial charge in [-0.1, -0.05) is 12.8 Å². The second-order valence-corrected chi connectivity index (χ2v) is 10.7. The van der Waals surface area contributed by atoms with Crippen molar-refractivity contribution in [2.24, 2.45) is 5.92 Å². The van der Waals surface area contributed by atoms with E-state index in [9.17, 15) is 17.2 Å². The van der Waals surface area contributed by atoms with Gasteiger partial charge in [-0.15, -0.1) is 0 Å². The molecule has 4 nitrogen and oxygen atoms in total. The van der Waals surface area contributed by atoms with E-state index in [1.165, 1.54) is 7.11 Å². The number of hydrogen-bond donors (Lipinski definition) is 0. The molecule has 0 spiro atoms. The number of nitrogens with zero attached hydrogens (tertiary/aromatic N) is 1. The van der Waals surface area contributed by atoms with E-state index in [-0.39, 0.29) is 35.4 Å². The summed E-state index contributed by atoms with van der Waals surface area (Å²) >= 11 is 3.46. The van der Waals surface area contributed by atoms with Crippen molar-refractivity contribution in [3.8, 4) is 5.75 Å². The Bertz CT molecular complexity index is 789. The lowest BCUT2D eigenvalue weighted by atomic mass is 10.0. The Hall–Kier alpha value is -0.890. The van der Waals surface area contributed by atoms with Crippen molar-refractivity contribution in [1.82, 2.24) is 0 Å². The molecule has 1 aliphatic heterocycles. The topological polar surface area (TPSA) is 46.6 Å². The molecule has 0 radical (unpaired) electrons. The quantitative estimate of drug-likeness (QED) is 0.610. The van der Waals surface area contributed by atoms with Gasteiger partial charge in [0.15, 0.2) is 9.84 Å². The second-order valence-electron chi connectivity index (χ2n) is 7.80. The van der Waals surface area contributed by atoms with Crippen LogP contribution in [-0.2, 0) is 9.84 Å². The summed E-state index contributed by atoms with van der Waals surface area (Å²) < 4.78 is 59.0. The maximum absolute atomic E-state index is 13.4. The number of anilines is 1. The molecule has 1 fully saturated rings. The summed E-state index contributed by atoms with van der Waals surface area (Å²) in [5, 5.41) is 0. The van der Waals surface area contributed by atoms with Gasteiger partial charge in [0, 0.05) is 25.1 Å². The zero-order valence-corrected chi connectivity index (χ0v) is 18.1. The third-order valence-corrected chi connectivity index (χ3v) is 8.07. The van der Waals surface area contributed by atoms with Gasteiger partial charge in [0.1, 0.15) is 5.75 Å². The Morgan fingerprint density at radius 2 is 1.96 bits per heavy atom. The van der Waals surface area contributed by atoms with Crippen molar-refractivity contribution in [1.29, 1.82) is 0 Å². The lowest BCUT2D eigenvalue weighted by molar-refractivity contribution is 0.00755. The molecular formula is C19H26BrF2NO3S. The first-order valence-electron chi connectivity index (χ1n) is 9.35. The van der Waals surface area contributed by atoms with Crippen LogP contribution >= 0.6 is 15.9 Å². The summed E-state index contributed by atoms with van der Waals surface area (Å²) in [6, 6.07) is 3.62. The van der Waals surface area contributed by atoms with Gasteiger partial charge < -0.3 is 9.64 Å². The number of halogens is 3. The normalized spacial score (nSPS) is 23.1. The molecule has 1 saturated carbocycles. The zero-order valence-electron chi connectivity index (χ0n) is 15.7. The minimum absolute atomic E-state index is 0.107. The largest absolute Gasteiger partial charge is 0.496 e. The molecule has 0 saturated heterocycles. The van der Waals surface area contributed by atoms with E-state index in [2.05, 4.69) is 20.8 Å². The number of alkyl halides is 2. The van der Waals surface area contributed by atoms with E-state index in [0.29, 0.717) is 22.5 Å². The van der Waals surface area contributed by atoms with Gasteiger partial charge in [0.25, 0.3) is 0 Å². The Morgan fingerprint density at radius 3 is 2.56 bits per heavy atom. The molecule has 0 amide bonds. The molecule has 1 heterocycles. The summed E-state index contributed by atoms with van der Waals surface area (Å²) in [5.41, 5.74) is 0.667. The zero-order chi connectivity index (χ0) is 19.8. The molecule has 2 aliphatic rings. The number of fused-ring (bicyclic) bond motifs is 1. The molecule has 1 aromatic carbocycles. The number of sulfone groups is 1. The Morgan fingerprint density at radius 1 is 1.30 bits per heavy atom. The van der Waals surface area contributed by atoms with Crippen LogP contribution in [0.3, 0.4) is 0 Å². The van der Waals surface area contributed by atoms with Crippen molar-refractivity contribution >= 4 is 31.5 Å². The molecule has 1 atom stereocenters. The third kappa shape index (κ3) is 4.75. The van der Waals surface area contributed by atoms with Crippen molar-refractivity contribution in [3.05, 3.63) is 16.6 Å². The highest BCUT2D eigenvalue weighted by Crippen LogP contribution is 2.42. The molecule has 0 bridgehead atoms. The van der Waals surface area contributed by atoms with Crippen molar-refractivity contribution in [2.75, 3.05) is 24.3 Å². The highest BCUT2D eigenvalue weighted by Gasteiger charge is 2.37. The number of methoxy groups -OCH3 is 1. The van der Waals surface area contributed by atoms with Crippen molar-refractivity contribution < 1.29 is 21.9 Å². The smallest absolute Gasteiger partial charge is 0.245 e. The second kappa shape index (κ2) is 7.85.